The summed E-state index contributed by atoms with van der Waals surface area (Å²) in [5, 5.41) is 10.7. The molecule has 0 aromatic heterocycles. The first-order valence-electron chi connectivity index (χ1n) is 9.04. The lowest BCUT2D eigenvalue weighted by atomic mass is 9.89. The van der Waals surface area contributed by atoms with Crippen molar-refractivity contribution >= 4 is 43.1 Å². The zero-order valence-electron chi connectivity index (χ0n) is 14.2. The highest BCUT2D eigenvalue weighted by Gasteiger charge is 2.12. The Labute approximate surface area is 151 Å². The molecular weight excluding hydrogens is 312 g/mol. The van der Waals surface area contributed by atoms with Gasteiger partial charge in [0, 0.05) is 0 Å². The molecule has 0 radical (unpaired) electrons. The Morgan fingerprint density at radius 3 is 1.81 bits per heavy atom. The third-order valence-electron chi connectivity index (χ3n) is 5.55. The Morgan fingerprint density at radius 1 is 0.346 bits per heavy atom. The van der Waals surface area contributed by atoms with Crippen LogP contribution in [0.4, 0.5) is 0 Å². The summed E-state index contributed by atoms with van der Waals surface area (Å²) in [6, 6.07) is 35.4. The van der Waals surface area contributed by atoms with Crippen LogP contribution in [0, 0.1) is 0 Å². The van der Waals surface area contributed by atoms with Crippen LogP contribution in [0.25, 0.3) is 54.2 Å². The van der Waals surface area contributed by atoms with Crippen LogP contribution in [0.15, 0.2) is 97.1 Å². The average molecular weight is 328 g/mol. The van der Waals surface area contributed by atoms with E-state index in [0.29, 0.717) is 0 Å². The van der Waals surface area contributed by atoms with Crippen molar-refractivity contribution < 1.29 is 0 Å². The zero-order valence-corrected chi connectivity index (χ0v) is 14.2. The molecule has 6 aromatic rings. The van der Waals surface area contributed by atoms with E-state index in [1.165, 1.54) is 54.2 Å². The maximum absolute atomic E-state index is 2.33. The maximum Gasteiger partial charge on any atom is -0.00203 e. The van der Waals surface area contributed by atoms with Crippen molar-refractivity contribution in [1.82, 2.24) is 0 Å². The van der Waals surface area contributed by atoms with Gasteiger partial charge in [0.25, 0.3) is 0 Å². The first kappa shape index (κ1) is 13.9. The molecule has 0 amide bonds. The Balaban J connectivity index is 1.79. The van der Waals surface area contributed by atoms with Gasteiger partial charge in [0.15, 0.2) is 0 Å². The molecule has 0 N–H and O–H groups in total. The van der Waals surface area contributed by atoms with E-state index in [0.717, 1.165) is 0 Å². The molecule has 0 bridgehead atoms. The molecule has 0 aliphatic carbocycles. The van der Waals surface area contributed by atoms with Gasteiger partial charge in [0.05, 0.1) is 0 Å². The van der Waals surface area contributed by atoms with Crippen LogP contribution < -0.4 is 0 Å². The molecule has 6 rings (SSSR count). The molecule has 0 spiro atoms. The van der Waals surface area contributed by atoms with E-state index in [1.54, 1.807) is 0 Å². The van der Waals surface area contributed by atoms with E-state index in [9.17, 15) is 0 Å². The van der Waals surface area contributed by atoms with E-state index in [1.807, 2.05) is 0 Å². The fourth-order valence-electron chi connectivity index (χ4n) is 4.37. The van der Waals surface area contributed by atoms with Crippen molar-refractivity contribution in [2.24, 2.45) is 0 Å². The third-order valence-corrected chi connectivity index (χ3v) is 5.55. The van der Waals surface area contributed by atoms with Gasteiger partial charge in [-0.1, -0.05) is 78.9 Å². The lowest BCUT2D eigenvalue weighted by Crippen LogP contribution is -1.87. The Bertz CT molecular complexity index is 1390. The highest BCUT2D eigenvalue weighted by atomic mass is 14.2. The molecule has 0 heterocycles. The number of rotatable bonds is 1. The van der Waals surface area contributed by atoms with Crippen LogP contribution in [0.5, 0.6) is 0 Å². The lowest BCUT2D eigenvalue weighted by Gasteiger charge is -2.14. The average Bonchev–Trinajstić information content (AvgIpc) is 2.72. The van der Waals surface area contributed by atoms with Gasteiger partial charge < -0.3 is 0 Å². The Kier molecular flexibility index (Phi) is 2.70. The quantitative estimate of drug-likeness (QED) is 0.218. The standard InChI is InChI=1S/C26H16/c1-2-6-17(7-3-1)22-15-19-10-11-21-14-18-8-4-5-9-23(18)24-13-12-20(16-22)25(19)26(21)24/h1-16H. The molecule has 0 saturated carbocycles. The molecule has 0 atom stereocenters. The molecule has 120 valence electrons. The molecule has 0 aliphatic rings. The molecule has 0 nitrogen and oxygen atoms in total. The van der Waals surface area contributed by atoms with Gasteiger partial charge in [-0.3, -0.25) is 0 Å². The van der Waals surface area contributed by atoms with E-state index < -0.39 is 0 Å². The summed E-state index contributed by atoms with van der Waals surface area (Å²) in [6.45, 7) is 0. The van der Waals surface area contributed by atoms with Crippen LogP contribution in [0.1, 0.15) is 0 Å². The van der Waals surface area contributed by atoms with E-state index >= 15 is 0 Å². The van der Waals surface area contributed by atoms with Crippen LogP contribution in [-0.4, -0.2) is 0 Å². The molecule has 0 aliphatic heterocycles. The molecule has 0 heteroatoms. The minimum Gasteiger partial charge on any atom is -0.0622 e. The van der Waals surface area contributed by atoms with Crippen LogP contribution in [0.2, 0.25) is 0 Å². The number of benzene rings is 6. The highest BCUT2D eigenvalue weighted by molar-refractivity contribution is 6.29. The largest absolute Gasteiger partial charge is 0.0622 e. The normalized spacial score (nSPS) is 11.8. The summed E-state index contributed by atoms with van der Waals surface area (Å²) in [6.07, 6.45) is 0. The fourth-order valence-corrected chi connectivity index (χ4v) is 4.37. The highest BCUT2D eigenvalue weighted by Crippen LogP contribution is 2.40. The lowest BCUT2D eigenvalue weighted by molar-refractivity contribution is 1.66. The molecule has 0 saturated heterocycles. The zero-order chi connectivity index (χ0) is 17.1. The van der Waals surface area contributed by atoms with E-state index in [4.69, 9.17) is 0 Å². The molecule has 26 heavy (non-hydrogen) atoms. The summed E-state index contributed by atoms with van der Waals surface area (Å²) in [4.78, 5) is 0. The summed E-state index contributed by atoms with van der Waals surface area (Å²) in [5.74, 6) is 0. The number of hydrogen-bond acceptors (Lipinski definition) is 0. The fraction of sp³-hybridized carbons (Fsp3) is 0. The second-order valence-electron chi connectivity index (χ2n) is 7.04. The summed E-state index contributed by atoms with van der Waals surface area (Å²) >= 11 is 0. The van der Waals surface area contributed by atoms with Crippen LogP contribution >= 0.6 is 0 Å². The predicted octanol–water partition coefficient (Wildman–Crippen LogP) is 7.40. The van der Waals surface area contributed by atoms with Crippen LogP contribution in [-0.2, 0) is 0 Å². The maximum atomic E-state index is 2.33. The second kappa shape index (κ2) is 5.06. The monoisotopic (exact) mass is 328 g/mol. The Morgan fingerprint density at radius 2 is 1.00 bits per heavy atom. The molecule has 0 fully saturated rings. The van der Waals surface area contributed by atoms with Crippen molar-refractivity contribution in [2.75, 3.05) is 0 Å². The first-order valence-corrected chi connectivity index (χ1v) is 9.04. The van der Waals surface area contributed by atoms with Crippen molar-refractivity contribution in [3.8, 4) is 11.1 Å². The summed E-state index contributed by atoms with van der Waals surface area (Å²) in [7, 11) is 0. The smallest absolute Gasteiger partial charge is 0.00203 e. The van der Waals surface area contributed by atoms with Gasteiger partial charge >= 0.3 is 0 Å². The van der Waals surface area contributed by atoms with Crippen molar-refractivity contribution in [1.29, 1.82) is 0 Å². The van der Waals surface area contributed by atoms with E-state index in [-0.39, 0.29) is 0 Å². The van der Waals surface area contributed by atoms with Gasteiger partial charge in [-0.25, -0.2) is 0 Å². The second-order valence-corrected chi connectivity index (χ2v) is 7.04. The summed E-state index contributed by atoms with van der Waals surface area (Å²) in [5.41, 5.74) is 2.55. The Hall–Kier alpha value is -3.38. The SMILES string of the molecule is c1ccc(-c2cc3ccc4cc5ccccc5c5ccc(c2)c3c45)cc1. The molecule has 0 unspecified atom stereocenters. The van der Waals surface area contributed by atoms with Gasteiger partial charge in [0.2, 0.25) is 0 Å². The number of fused-ring (bicyclic) bond motifs is 2. The van der Waals surface area contributed by atoms with Crippen molar-refractivity contribution in [2.45, 2.75) is 0 Å². The minimum absolute atomic E-state index is 1.27. The van der Waals surface area contributed by atoms with Gasteiger partial charge in [-0.05, 0) is 72.4 Å². The predicted molar refractivity (Wildman–Crippen MR) is 113 cm³/mol. The minimum atomic E-state index is 1.27. The number of hydrogen-bond donors (Lipinski definition) is 0. The van der Waals surface area contributed by atoms with Crippen molar-refractivity contribution in [3.05, 3.63) is 97.1 Å². The van der Waals surface area contributed by atoms with Gasteiger partial charge in [0.1, 0.15) is 0 Å². The van der Waals surface area contributed by atoms with Crippen molar-refractivity contribution in [3.63, 3.8) is 0 Å². The van der Waals surface area contributed by atoms with Crippen LogP contribution in [0.3, 0.4) is 0 Å². The van der Waals surface area contributed by atoms with Gasteiger partial charge in [-0.15, -0.1) is 0 Å². The first-order chi connectivity index (χ1) is 12.9. The van der Waals surface area contributed by atoms with Gasteiger partial charge in [-0.2, -0.15) is 0 Å². The summed E-state index contributed by atoms with van der Waals surface area (Å²) < 4.78 is 0. The molecule has 6 aromatic carbocycles. The third kappa shape index (κ3) is 1.84. The van der Waals surface area contributed by atoms with E-state index in [2.05, 4.69) is 97.1 Å². The topological polar surface area (TPSA) is 0 Å². The molecular formula is C26H16.